The van der Waals surface area contributed by atoms with Gasteiger partial charge in [0.25, 0.3) is 0 Å². The number of hydrogen-bond acceptors (Lipinski definition) is 2. The van der Waals surface area contributed by atoms with Gasteiger partial charge in [-0.2, -0.15) is 0 Å². The molecule has 3 rings (SSSR count). The van der Waals surface area contributed by atoms with Gasteiger partial charge in [-0.15, -0.1) is 0 Å². The number of ether oxygens (including phenoxy) is 1. The Balaban J connectivity index is 1.77. The van der Waals surface area contributed by atoms with Crippen LogP contribution in [0.1, 0.15) is 35.3 Å². The number of hydrogen-bond donors (Lipinski definition) is 0. The van der Waals surface area contributed by atoms with E-state index in [1.807, 2.05) is 30.3 Å². The van der Waals surface area contributed by atoms with E-state index in [2.05, 4.69) is 26.0 Å². The van der Waals surface area contributed by atoms with Crippen LogP contribution in [0.15, 0.2) is 72.8 Å². The van der Waals surface area contributed by atoms with Crippen molar-refractivity contribution in [2.45, 2.75) is 19.3 Å². The van der Waals surface area contributed by atoms with Crippen molar-refractivity contribution in [3.63, 3.8) is 0 Å². The predicted molar refractivity (Wildman–Crippen MR) is 106 cm³/mol. The minimum Gasteiger partial charge on any atom is -0.423 e. The van der Waals surface area contributed by atoms with E-state index < -0.39 is 5.97 Å². The number of carbonyl (C=O) groups is 1. The Kier molecular flexibility index (Phi) is 5.36. The Morgan fingerprint density at radius 3 is 2.04 bits per heavy atom. The number of carbonyl (C=O) groups excluding carboxylic acids is 1. The Hall–Kier alpha value is -2.29. The average Bonchev–Trinajstić information content (AvgIpc) is 2.65. The number of halogens is 2. The van der Waals surface area contributed by atoms with Crippen LogP contribution in [0.2, 0.25) is 10.0 Å². The minimum atomic E-state index is -0.473. The summed E-state index contributed by atoms with van der Waals surface area (Å²) in [4.78, 5) is 12.3. The highest BCUT2D eigenvalue weighted by Crippen LogP contribution is 2.32. The van der Waals surface area contributed by atoms with Gasteiger partial charge < -0.3 is 4.74 Å². The lowest BCUT2D eigenvalue weighted by molar-refractivity contribution is 0.0734. The van der Waals surface area contributed by atoms with Gasteiger partial charge in [0.05, 0.1) is 15.6 Å². The molecule has 26 heavy (non-hydrogen) atoms. The molecule has 0 saturated heterocycles. The third-order valence-electron chi connectivity index (χ3n) is 4.44. The molecule has 0 bridgehead atoms. The molecule has 2 nitrogen and oxygen atoms in total. The molecule has 132 valence electrons. The maximum atomic E-state index is 12.3. The van der Waals surface area contributed by atoms with Gasteiger partial charge in [-0.25, -0.2) is 4.79 Å². The summed E-state index contributed by atoms with van der Waals surface area (Å²) in [6, 6.07) is 22.5. The van der Waals surface area contributed by atoms with Crippen molar-refractivity contribution in [1.29, 1.82) is 0 Å². The Bertz CT molecular complexity index is 917. The lowest BCUT2D eigenvalue weighted by atomic mass is 9.78. The molecule has 0 saturated carbocycles. The van der Waals surface area contributed by atoms with Crippen molar-refractivity contribution in [2.24, 2.45) is 0 Å². The van der Waals surface area contributed by atoms with E-state index >= 15 is 0 Å². The van der Waals surface area contributed by atoms with Gasteiger partial charge in [0, 0.05) is 5.41 Å². The molecule has 0 N–H and O–H groups in total. The third kappa shape index (κ3) is 3.92. The lowest BCUT2D eigenvalue weighted by Gasteiger charge is -2.26. The SMILES string of the molecule is CC(C)(c1ccccc1)c1ccc(OC(=O)c2ccc(Cl)c(Cl)c2)cc1. The first-order chi connectivity index (χ1) is 12.4. The van der Waals surface area contributed by atoms with Crippen molar-refractivity contribution < 1.29 is 9.53 Å². The molecule has 3 aromatic rings. The molecule has 0 spiro atoms. The molecular weight excluding hydrogens is 367 g/mol. The smallest absolute Gasteiger partial charge is 0.343 e. The van der Waals surface area contributed by atoms with Gasteiger partial charge in [-0.1, -0.05) is 79.5 Å². The lowest BCUT2D eigenvalue weighted by Crippen LogP contribution is -2.18. The van der Waals surface area contributed by atoms with E-state index in [0.717, 1.165) is 5.56 Å². The second kappa shape index (κ2) is 7.53. The van der Waals surface area contributed by atoms with Gasteiger partial charge in [-0.05, 0) is 41.5 Å². The summed E-state index contributed by atoms with van der Waals surface area (Å²) in [5, 5.41) is 0.719. The van der Waals surface area contributed by atoms with E-state index in [-0.39, 0.29) is 5.41 Å². The highest BCUT2D eigenvalue weighted by atomic mass is 35.5. The van der Waals surface area contributed by atoms with Gasteiger partial charge in [0.1, 0.15) is 5.75 Å². The highest BCUT2D eigenvalue weighted by Gasteiger charge is 2.22. The summed E-state index contributed by atoms with van der Waals surface area (Å²) in [6.45, 7) is 4.33. The Morgan fingerprint density at radius 1 is 0.808 bits per heavy atom. The molecule has 0 radical (unpaired) electrons. The van der Waals surface area contributed by atoms with Gasteiger partial charge in [-0.3, -0.25) is 0 Å². The zero-order valence-corrected chi connectivity index (χ0v) is 16.0. The molecule has 0 aromatic heterocycles. The second-order valence-electron chi connectivity index (χ2n) is 6.53. The summed E-state index contributed by atoms with van der Waals surface area (Å²) in [6.07, 6.45) is 0. The quantitative estimate of drug-likeness (QED) is 0.377. The Labute approximate surface area is 163 Å². The van der Waals surface area contributed by atoms with Crippen LogP contribution in [0, 0.1) is 0 Å². The van der Waals surface area contributed by atoms with Crippen LogP contribution in [-0.2, 0) is 5.41 Å². The van der Waals surface area contributed by atoms with Crippen molar-refractivity contribution in [3.05, 3.63) is 99.5 Å². The summed E-state index contributed by atoms with van der Waals surface area (Å²) in [7, 11) is 0. The molecule has 0 aliphatic carbocycles. The van der Waals surface area contributed by atoms with Crippen molar-refractivity contribution >= 4 is 29.2 Å². The second-order valence-corrected chi connectivity index (χ2v) is 7.35. The topological polar surface area (TPSA) is 26.3 Å². The molecule has 4 heteroatoms. The van der Waals surface area contributed by atoms with Gasteiger partial charge in [0.15, 0.2) is 0 Å². The van der Waals surface area contributed by atoms with Crippen LogP contribution in [0.25, 0.3) is 0 Å². The number of rotatable bonds is 4. The summed E-state index contributed by atoms with van der Waals surface area (Å²) < 4.78 is 5.43. The fraction of sp³-hybridized carbons (Fsp3) is 0.136. The van der Waals surface area contributed by atoms with Crippen LogP contribution in [0.4, 0.5) is 0 Å². The number of esters is 1. The highest BCUT2D eigenvalue weighted by molar-refractivity contribution is 6.42. The maximum Gasteiger partial charge on any atom is 0.343 e. The normalized spacial score (nSPS) is 11.2. The first-order valence-corrected chi connectivity index (χ1v) is 8.97. The van der Waals surface area contributed by atoms with E-state index in [4.69, 9.17) is 27.9 Å². The fourth-order valence-corrected chi connectivity index (χ4v) is 3.05. The standard InChI is InChI=1S/C22H18Cl2O2/c1-22(2,16-6-4-3-5-7-16)17-9-11-18(12-10-17)26-21(25)15-8-13-19(23)20(24)14-15/h3-14H,1-2H3. The van der Waals surface area contributed by atoms with E-state index in [9.17, 15) is 4.79 Å². The molecule has 0 atom stereocenters. The van der Waals surface area contributed by atoms with Crippen LogP contribution >= 0.6 is 23.2 Å². The molecule has 0 aliphatic heterocycles. The molecule has 0 amide bonds. The minimum absolute atomic E-state index is 0.145. The van der Waals surface area contributed by atoms with Crippen LogP contribution < -0.4 is 4.74 Å². The van der Waals surface area contributed by atoms with Crippen LogP contribution in [0.3, 0.4) is 0 Å². The first-order valence-electron chi connectivity index (χ1n) is 8.21. The third-order valence-corrected chi connectivity index (χ3v) is 5.18. The fourth-order valence-electron chi connectivity index (χ4n) is 2.75. The van der Waals surface area contributed by atoms with E-state index in [1.165, 1.54) is 11.6 Å². The van der Waals surface area contributed by atoms with E-state index in [1.54, 1.807) is 24.3 Å². The molecule has 0 heterocycles. The van der Waals surface area contributed by atoms with Gasteiger partial charge >= 0.3 is 5.97 Å². The molecule has 3 aromatic carbocycles. The van der Waals surface area contributed by atoms with Crippen molar-refractivity contribution in [1.82, 2.24) is 0 Å². The molecule has 0 unspecified atom stereocenters. The monoisotopic (exact) mass is 384 g/mol. The molecular formula is C22H18Cl2O2. The zero-order valence-electron chi connectivity index (χ0n) is 14.5. The average molecular weight is 385 g/mol. The maximum absolute atomic E-state index is 12.3. The van der Waals surface area contributed by atoms with Gasteiger partial charge in [0.2, 0.25) is 0 Å². The molecule has 0 aliphatic rings. The van der Waals surface area contributed by atoms with Crippen molar-refractivity contribution in [3.8, 4) is 5.75 Å². The first kappa shape index (κ1) is 18.5. The largest absolute Gasteiger partial charge is 0.423 e. The Morgan fingerprint density at radius 2 is 1.42 bits per heavy atom. The van der Waals surface area contributed by atoms with Crippen molar-refractivity contribution in [2.75, 3.05) is 0 Å². The zero-order chi connectivity index (χ0) is 18.7. The van der Waals surface area contributed by atoms with Crippen LogP contribution in [-0.4, -0.2) is 5.97 Å². The summed E-state index contributed by atoms with van der Waals surface area (Å²) >= 11 is 11.8. The predicted octanol–water partition coefficient (Wildman–Crippen LogP) is 6.54. The summed E-state index contributed by atoms with van der Waals surface area (Å²) in [5.41, 5.74) is 2.57. The summed E-state index contributed by atoms with van der Waals surface area (Å²) in [5.74, 6) is 0.00678. The van der Waals surface area contributed by atoms with Crippen LogP contribution in [0.5, 0.6) is 5.75 Å². The number of benzene rings is 3. The van der Waals surface area contributed by atoms with E-state index in [0.29, 0.717) is 21.4 Å². The molecule has 0 fully saturated rings.